The summed E-state index contributed by atoms with van der Waals surface area (Å²) in [4.78, 5) is 4.69. The Morgan fingerprint density at radius 3 is 2.56 bits per heavy atom. The highest BCUT2D eigenvalue weighted by molar-refractivity contribution is 5.13. The van der Waals surface area contributed by atoms with Gasteiger partial charge >= 0.3 is 0 Å². The number of hydrogen-bond donors (Lipinski definition) is 0. The van der Waals surface area contributed by atoms with E-state index in [9.17, 15) is 0 Å². The van der Waals surface area contributed by atoms with Crippen LogP contribution in [-0.4, -0.2) is 9.55 Å². The van der Waals surface area contributed by atoms with E-state index in [0.717, 1.165) is 12.5 Å². The van der Waals surface area contributed by atoms with Crippen molar-refractivity contribution < 1.29 is 0 Å². The van der Waals surface area contributed by atoms with Gasteiger partial charge in [0.25, 0.3) is 0 Å². The van der Waals surface area contributed by atoms with Crippen LogP contribution in [0.1, 0.15) is 76.2 Å². The third kappa shape index (κ3) is 2.16. The van der Waals surface area contributed by atoms with E-state index in [2.05, 4.69) is 31.5 Å². The van der Waals surface area contributed by atoms with E-state index in [1.165, 1.54) is 43.6 Å². The Balaban J connectivity index is 2.25. The molecule has 0 amide bonds. The van der Waals surface area contributed by atoms with E-state index in [0.29, 0.717) is 5.92 Å². The summed E-state index contributed by atoms with van der Waals surface area (Å²) in [5.74, 6) is 2.66. The molecule has 1 aliphatic carbocycles. The summed E-state index contributed by atoms with van der Waals surface area (Å²) in [5.41, 5.74) is 1.41. The predicted molar refractivity (Wildman–Crippen MR) is 67.8 cm³/mol. The molecule has 0 bridgehead atoms. The van der Waals surface area contributed by atoms with Crippen molar-refractivity contribution in [3.8, 4) is 0 Å². The number of hydrogen-bond acceptors (Lipinski definition) is 1. The van der Waals surface area contributed by atoms with Gasteiger partial charge in [0.05, 0.1) is 0 Å². The Morgan fingerprint density at radius 2 is 2.00 bits per heavy atom. The summed E-state index contributed by atoms with van der Waals surface area (Å²) < 4.78 is 2.45. The van der Waals surface area contributed by atoms with Crippen LogP contribution in [0.3, 0.4) is 0 Å². The molecule has 2 nitrogen and oxygen atoms in total. The van der Waals surface area contributed by atoms with Crippen molar-refractivity contribution in [3.63, 3.8) is 0 Å². The fourth-order valence-electron chi connectivity index (χ4n) is 2.90. The van der Waals surface area contributed by atoms with Crippen molar-refractivity contribution in [2.75, 3.05) is 0 Å². The molecule has 2 rings (SSSR count). The summed E-state index contributed by atoms with van der Waals surface area (Å²) in [6.07, 6.45) is 8.97. The molecule has 1 aromatic rings. The average molecular weight is 220 g/mol. The molecule has 0 aliphatic heterocycles. The summed E-state index contributed by atoms with van der Waals surface area (Å²) >= 11 is 0. The van der Waals surface area contributed by atoms with Gasteiger partial charge in [-0.05, 0) is 25.7 Å². The van der Waals surface area contributed by atoms with E-state index in [-0.39, 0.29) is 0 Å². The predicted octanol–water partition coefficient (Wildman–Crippen LogP) is 4.07. The first-order valence-electron chi connectivity index (χ1n) is 6.79. The van der Waals surface area contributed by atoms with E-state index in [1.54, 1.807) is 0 Å². The smallest absolute Gasteiger partial charge is 0.111 e. The van der Waals surface area contributed by atoms with Gasteiger partial charge in [-0.3, -0.25) is 0 Å². The largest absolute Gasteiger partial charge is 0.332 e. The molecular formula is C14H24N2. The zero-order valence-electron chi connectivity index (χ0n) is 10.9. The van der Waals surface area contributed by atoms with Gasteiger partial charge in [-0.2, -0.15) is 0 Å². The number of nitrogens with zero attached hydrogens (tertiary/aromatic N) is 2. The molecule has 1 heterocycles. The van der Waals surface area contributed by atoms with E-state index >= 15 is 0 Å². The molecule has 0 atom stereocenters. The summed E-state index contributed by atoms with van der Waals surface area (Å²) in [7, 11) is 0. The van der Waals surface area contributed by atoms with Crippen molar-refractivity contribution >= 4 is 0 Å². The van der Waals surface area contributed by atoms with Gasteiger partial charge in [-0.15, -0.1) is 0 Å². The Morgan fingerprint density at radius 1 is 1.31 bits per heavy atom. The Bertz CT molecular complexity index is 333. The number of aromatic nitrogens is 2. The van der Waals surface area contributed by atoms with Crippen LogP contribution < -0.4 is 0 Å². The van der Waals surface area contributed by atoms with Crippen LogP contribution >= 0.6 is 0 Å². The second-order valence-electron chi connectivity index (χ2n) is 5.28. The Kier molecular flexibility index (Phi) is 3.67. The van der Waals surface area contributed by atoms with Gasteiger partial charge < -0.3 is 4.57 Å². The van der Waals surface area contributed by atoms with Gasteiger partial charge in [-0.1, -0.05) is 33.1 Å². The molecule has 2 heteroatoms. The molecule has 1 aromatic heterocycles. The maximum absolute atomic E-state index is 4.69. The molecule has 0 saturated heterocycles. The highest BCUT2D eigenvalue weighted by Crippen LogP contribution is 2.33. The van der Waals surface area contributed by atoms with Crippen molar-refractivity contribution in [1.29, 1.82) is 0 Å². The zero-order chi connectivity index (χ0) is 11.5. The summed E-state index contributed by atoms with van der Waals surface area (Å²) in [6, 6.07) is 0. The first-order chi connectivity index (χ1) is 7.74. The fourth-order valence-corrected chi connectivity index (χ4v) is 2.90. The van der Waals surface area contributed by atoms with Crippen LogP contribution in [0.4, 0.5) is 0 Å². The minimum atomic E-state index is 0.588. The molecule has 0 aromatic carbocycles. The van der Waals surface area contributed by atoms with Crippen LogP contribution in [-0.2, 0) is 6.54 Å². The standard InChI is InChI=1S/C14H24N2/c1-4-16-13(11(2)3)10-15-14(16)12-8-6-5-7-9-12/h10-12H,4-9H2,1-3H3. The van der Waals surface area contributed by atoms with Crippen molar-refractivity contribution in [1.82, 2.24) is 9.55 Å². The third-order valence-electron chi connectivity index (χ3n) is 3.80. The lowest BCUT2D eigenvalue weighted by Crippen LogP contribution is -2.13. The monoisotopic (exact) mass is 220 g/mol. The summed E-state index contributed by atoms with van der Waals surface area (Å²) in [5, 5.41) is 0. The topological polar surface area (TPSA) is 17.8 Å². The molecule has 0 N–H and O–H groups in total. The zero-order valence-corrected chi connectivity index (χ0v) is 10.9. The minimum Gasteiger partial charge on any atom is -0.332 e. The molecule has 1 saturated carbocycles. The fraction of sp³-hybridized carbons (Fsp3) is 0.786. The van der Waals surface area contributed by atoms with E-state index < -0.39 is 0 Å². The second-order valence-corrected chi connectivity index (χ2v) is 5.28. The van der Waals surface area contributed by atoms with Crippen LogP contribution in [0.25, 0.3) is 0 Å². The Hall–Kier alpha value is -0.790. The quantitative estimate of drug-likeness (QED) is 0.750. The highest BCUT2D eigenvalue weighted by Gasteiger charge is 2.21. The second kappa shape index (κ2) is 5.03. The maximum atomic E-state index is 4.69. The van der Waals surface area contributed by atoms with Crippen molar-refractivity contribution in [2.24, 2.45) is 0 Å². The van der Waals surface area contributed by atoms with Gasteiger partial charge in [0.1, 0.15) is 5.82 Å². The van der Waals surface area contributed by atoms with Gasteiger partial charge in [0.2, 0.25) is 0 Å². The molecule has 0 radical (unpaired) electrons. The van der Waals surface area contributed by atoms with Crippen LogP contribution in [0.15, 0.2) is 6.20 Å². The summed E-state index contributed by atoms with van der Waals surface area (Å²) in [6.45, 7) is 7.82. The van der Waals surface area contributed by atoms with E-state index in [1.807, 2.05) is 0 Å². The van der Waals surface area contributed by atoms with Crippen molar-refractivity contribution in [3.05, 3.63) is 17.7 Å². The molecule has 16 heavy (non-hydrogen) atoms. The third-order valence-corrected chi connectivity index (χ3v) is 3.80. The maximum Gasteiger partial charge on any atom is 0.111 e. The van der Waals surface area contributed by atoms with Crippen LogP contribution in [0.2, 0.25) is 0 Å². The van der Waals surface area contributed by atoms with Crippen LogP contribution in [0.5, 0.6) is 0 Å². The molecule has 0 spiro atoms. The lowest BCUT2D eigenvalue weighted by Gasteiger charge is -2.23. The highest BCUT2D eigenvalue weighted by atomic mass is 15.1. The molecular weight excluding hydrogens is 196 g/mol. The molecule has 1 fully saturated rings. The molecule has 1 aliphatic rings. The SMILES string of the molecule is CCn1c(C(C)C)cnc1C1CCCCC1. The lowest BCUT2D eigenvalue weighted by molar-refractivity contribution is 0.414. The first-order valence-corrected chi connectivity index (χ1v) is 6.79. The van der Waals surface area contributed by atoms with Gasteiger partial charge in [-0.25, -0.2) is 4.98 Å². The normalized spacial score (nSPS) is 18.2. The average Bonchev–Trinajstić information content (AvgIpc) is 2.73. The number of imidazole rings is 1. The number of rotatable bonds is 3. The molecule has 0 unspecified atom stereocenters. The van der Waals surface area contributed by atoms with Gasteiger partial charge in [0.15, 0.2) is 0 Å². The van der Waals surface area contributed by atoms with E-state index in [4.69, 9.17) is 4.98 Å². The Labute approximate surface area is 99.1 Å². The van der Waals surface area contributed by atoms with Crippen LogP contribution in [0, 0.1) is 0 Å². The minimum absolute atomic E-state index is 0.588. The lowest BCUT2D eigenvalue weighted by atomic mass is 9.88. The molecule has 90 valence electrons. The van der Waals surface area contributed by atoms with Crippen molar-refractivity contribution in [2.45, 2.75) is 71.3 Å². The first kappa shape index (κ1) is 11.7. The van der Waals surface area contributed by atoms with Gasteiger partial charge in [0, 0.05) is 24.4 Å².